The average Bonchev–Trinajstić information content (AvgIpc) is 2.78. The Bertz CT molecular complexity index is 451. The van der Waals surface area contributed by atoms with Crippen LogP contribution in [0.1, 0.15) is 37.7 Å². The maximum atomic E-state index is 12.0. The first-order chi connectivity index (χ1) is 8.27. The molecule has 0 radical (unpaired) electrons. The molecule has 1 rings (SSSR count). The van der Waals surface area contributed by atoms with Crippen LogP contribution in [-0.2, 0) is 0 Å². The molecule has 0 bridgehead atoms. The van der Waals surface area contributed by atoms with E-state index in [0.717, 1.165) is 6.42 Å². The molecule has 0 saturated heterocycles. The summed E-state index contributed by atoms with van der Waals surface area (Å²) in [5.74, 6) is -0.146. The maximum Gasteiger partial charge on any atom is 0.287 e. The number of aromatic nitrogens is 1. The number of carbonyl (C=O) groups excluding carboxylic acids is 1. The van der Waals surface area contributed by atoms with Crippen LogP contribution in [0, 0.1) is 10.1 Å². The van der Waals surface area contributed by atoms with Crippen molar-refractivity contribution in [2.45, 2.75) is 32.7 Å². The molecule has 0 aliphatic carbocycles. The van der Waals surface area contributed by atoms with Gasteiger partial charge in [0.05, 0.1) is 23.4 Å². The molecule has 18 heavy (non-hydrogen) atoms. The Labute approximate surface area is 106 Å². The summed E-state index contributed by atoms with van der Waals surface area (Å²) in [6, 6.07) is 1.27. The number of H-pyrrole nitrogens is 1. The van der Waals surface area contributed by atoms with Gasteiger partial charge >= 0.3 is 0 Å². The van der Waals surface area contributed by atoms with Crippen LogP contribution in [0.4, 0.5) is 5.69 Å². The number of nitrogens with one attached hydrogen (secondary N) is 1. The Hall–Kier alpha value is -1.69. The first-order valence-corrected chi connectivity index (χ1v) is 5.85. The van der Waals surface area contributed by atoms with E-state index in [2.05, 4.69) is 25.8 Å². The van der Waals surface area contributed by atoms with Crippen molar-refractivity contribution >= 4 is 11.5 Å². The summed E-state index contributed by atoms with van der Waals surface area (Å²) in [5.41, 5.74) is 0.116. The fourth-order valence-corrected chi connectivity index (χ4v) is 1.43. The SMILES string of the molecule is CCC(C)(C)N(C)CC(=O)c1cc([N+](=O)[O-])c[nH]1. The van der Waals surface area contributed by atoms with Crippen LogP contribution >= 0.6 is 0 Å². The third-order valence-corrected chi connectivity index (χ3v) is 3.46. The summed E-state index contributed by atoms with van der Waals surface area (Å²) >= 11 is 0. The summed E-state index contributed by atoms with van der Waals surface area (Å²) in [5, 5.41) is 10.5. The van der Waals surface area contributed by atoms with Gasteiger partial charge in [0.15, 0.2) is 5.78 Å². The van der Waals surface area contributed by atoms with Gasteiger partial charge in [-0.2, -0.15) is 0 Å². The second kappa shape index (κ2) is 5.30. The van der Waals surface area contributed by atoms with E-state index in [0.29, 0.717) is 0 Å². The van der Waals surface area contributed by atoms with Gasteiger partial charge in [0.25, 0.3) is 5.69 Å². The largest absolute Gasteiger partial charge is 0.353 e. The maximum absolute atomic E-state index is 12.0. The second-order valence-corrected chi connectivity index (χ2v) is 4.97. The number of likely N-dealkylation sites (N-methyl/N-ethyl adjacent to an activating group) is 1. The van der Waals surface area contributed by atoms with Gasteiger partial charge in [-0.25, -0.2) is 0 Å². The molecule has 6 heteroatoms. The predicted molar refractivity (Wildman–Crippen MR) is 68.8 cm³/mol. The molecular formula is C12H19N3O3. The fourth-order valence-electron chi connectivity index (χ4n) is 1.43. The lowest BCUT2D eigenvalue weighted by atomic mass is 9.99. The van der Waals surface area contributed by atoms with Crippen molar-refractivity contribution < 1.29 is 9.72 Å². The molecule has 0 spiro atoms. The zero-order valence-corrected chi connectivity index (χ0v) is 11.2. The highest BCUT2D eigenvalue weighted by molar-refractivity contribution is 5.96. The summed E-state index contributed by atoms with van der Waals surface area (Å²) in [6.07, 6.45) is 2.15. The van der Waals surface area contributed by atoms with Gasteiger partial charge in [-0.1, -0.05) is 6.92 Å². The molecule has 0 fully saturated rings. The van der Waals surface area contributed by atoms with E-state index < -0.39 is 4.92 Å². The van der Waals surface area contributed by atoms with Gasteiger partial charge in [-0.3, -0.25) is 19.8 Å². The quantitative estimate of drug-likeness (QED) is 0.479. The number of carbonyl (C=O) groups is 1. The molecule has 0 atom stereocenters. The Morgan fingerprint density at radius 3 is 2.61 bits per heavy atom. The van der Waals surface area contributed by atoms with E-state index in [1.165, 1.54) is 12.3 Å². The fraction of sp³-hybridized carbons (Fsp3) is 0.583. The number of Topliss-reactive ketones (excluding diaryl/α,β-unsaturated/α-hetero) is 1. The van der Waals surface area contributed by atoms with Crippen molar-refractivity contribution in [1.82, 2.24) is 9.88 Å². The van der Waals surface area contributed by atoms with Crippen LogP contribution in [0.25, 0.3) is 0 Å². The molecule has 0 aromatic carbocycles. The molecule has 0 amide bonds. The van der Waals surface area contributed by atoms with Crippen LogP contribution in [0.2, 0.25) is 0 Å². The minimum absolute atomic E-state index is 0.0752. The molecule has 0 unspecified atom stereocenters. The van der Waals surface area contributed by atoms with E-state index in [9.17, 15) is 14.9 Å². The van der Waals surface area contributed by atoms with E-state index in [-0.39, 0.29) is 29.2 Å². The van der Waals surface area contributed by atoms with Gasteiger partial charge in [0.2, 0.25) is 0 Å². The van der Waals surface area contributed by atoms with E-state index >= 15 is 0 Å². The van der Waals surface area contributed by atoms with Crippen LogP contribution in [0.15, 0.2) is 12.3 Å². The zero-order chi connectivity index (χ0) is 13.9. The van der Waals surface area contributed by atoms with E-state index in [4.69, 9.17) is 0 Å². The lowest BCUT2D eigenvalue weighted by Gasteiger charge is -2.34. The second-order valence-electron chi connectivity index (χ2n) is 4.97. The number of rotatable bonds is 6. The van der Waals surface area contributed by atoms with E-state index in [1.807, 2.05) is 11.9 Å². The highest BCUT2D eigenvalue weighted by Crippen LogP contribution is 2.18. The summed E-state index contributed by atoms with van der Waals surface area (Å²) in [6.45, 7) is 6.40. The molecule has 0 saturated carbocycles. The number of aromatic amines is 1. The molecule has 1 aromatic heterocycles. The Kier molecular flexibility index (Phi) is 4.24. The minimum atomic E-state index is -0.521. The first-order valence-electron chi connectivity index (χ1n) is 5.85. The van der Waals surface area contributed by atoms with Crippen LogP contribution in [0.3, 0.4) is 0 Å². The zero-order valence-electron chi connectivity index (χ0n) is 11.2. The number of nitro groups is 1. The van der Waals surface area contributed by atoms with Crippen LogP contribution in [0.5, 0.6) is 0 Å². The summed E-state index contributed by atoms with van der Waals surface area (Å²) in [7, 11) is 1.87. The third kappa shape index (κ3) is 3.16. The molecule has 100 valence electrons. The molecule has 1 aromatic rings. The van der Waals surface area contributed by atoms with Gasteiger partial charge in [0, 0.05) is 11.6 Å². The van der Waals surface area contributed by atoms with Crippen molar-refractivity contribution in [3.63, 3.8) is 0 Å². The average molecular weight is 253 g/mol. The standard InChI is InChI=1S/C12H19N3O3/c1-5-12(2,3)14(4)8-11(16)10-6-9(7-13-10)15(17)18/h6-7,13H,5,8H2,1-4H3. The monoisotopic (exact) mass is 253 g/mol. The predicted octanol–water partition coefficient (Wildman–Crippen LogP) is 2.23. The molecule has 0 aliphatic rings. The highest BCUT2D eigenvalue weighted by atomic mass is 16.6. The van der Waals surface area contributed by atoms with Gasteiger partial charge < -0.3 is 4.98 Å². The van der Waals surface area contributed by atoms with Gasteiger partial charge in [-0.05, 0) is 27.3 Å². The van der Waals surface area contributed by atoms with Gasteiger partial charge in [0.1, 0.15) is 0 Å². The minimum Gasteiger partial charge on any atom is -0.353 e. The smallest absolute Gasteiger partial charge is 0.287 e. The highest BCUT2D eigenvalue weighted by Gasteiger charge is 2.24. The number of ketones is 1. The molecule has 1 heterocycles. The normalized spacial score (nSPS) is 11.8. The van der Waals surface area contributed by atoms with Crippen molar-refractivity contribution in [2.75, 3.05) is 13.6 Å². The molecule has 1 N–H and O–H groups in total. The lowest BCUT2D eigenvalue weighted by molar-refractivity contribution is -0.384. The molecular weight excluding hydrogens is 234 g/mol. The Morgan fingerprint density at radius 2 is 2.17 bits per heavy atom. The van der Waals surface area contributed by atoms with Crippen molar-refractivity contribution in [3.05, 3.63) is 28.1 Å². The summed E-state index contributed by atoms with van der Waals surface area (Å²) in [4.78, 5) is 26.6. The van der Waals surface area contributed by atoms with Crippen LogP contribution < -0.4 is 0 Å². The topological polar surface area (TPSA) is 79.2 Å². The number of hydrogen-bond acceptors (Lipinski definition) is 4. The Morgan fingerprint density at radius 1 is 1.56 bits per heavy atom. The molecule has 6 nitrogen and oxygen atoms in total. The van der Waals surface area contributed by atoms with Crippen molar-refractivity contribution in [1.29, 1.82) is 0 Å². The van der Waals surface area contributed by atoms with E-state index in [1.54, 1.807) is 0 Å². The van der Waals surface area contributed by atoms with Crippen LogP contribution in [-0.4, -0.2) is 39.7 Å². The van der Waals surface area contributed by atoms with Crippen molar-refractivity contribution in [3.8, 4) is 0 Å². The Balaban J connectivity index is 2.73. The molecule has 0 aliphatic heterocycles. The number of nitrogens with zero attached hydrogens (tertiary/aromatic N) is 2. The van der Waals surface area contributed by atoms with Crippen molar-refractivity contribution in [2.24, 2.45) is 0 Å². The number of hydrogen-bond donors (Lipinski definition) is 1. The summed E-state index contributed by atoms with van der Waals surface area (Å²) < 4.78 is 0. The van der Waals surface area contributed by atoms with Gasteiger partial charge in [-0.15, -0.1) is 0 Å². The lowest BCUT2D eigenvalue weighted by Crippen LogP contribution is -2.43. The third-order valence-electron chi connectivity index (χ3n) is 3.46. The first kappa shape index (κ1) is 14.4.